The van der Waals surface area contributed by atoms with E-state index in [0.29, 0.717) is 6.07 Å². The number of alkyl halides is 9. The Bertz CT molecular complexity index is 567. The number of nitrogens with two attached hydrogens (primary N) is 1. The third-order valence-electron chi connectivity index (χ3n) is 2.57. The van der Waals surface area contributed by atoms with Crippen LogP contribution in [0.4, 0.5) is 45.2 Å². The quantitative estimate of drug-likeness (QED) is 0.657. The lowest BCUT2D eigenvalue weighted by Crippen LogP contribution is -2.50. The summed E-state index contributed by atoms with van der Waals surface area (Å²) in [6.45, 7) is 0. The molecular weight excluding hydrogens is 353 g/mol. The maximum atomic E-state index is 13.7. The molecule has 2 nitrogen and oxygen atoms in total. The topological polar surface area (TPSA) is 43.1 Å². The van der Waals surface area contributed by atoms with E-state index in [1.54, 1.807) is 0 Å². The molecule has 0 aliphatic heterocycles. The Morgan fingerprint density at radius 1 is 0.955 bits per heavy atom. The van der Waals surface area contributed by atoms with Gasteiger partial charge in [0.2, 0.25) is 0 Å². The number of halogens is 9. The minimum atomic E-state index is -6.41. The van der Waals surface area contributed by atoms with Crippen LogP contribution in [0, 0.1) is 0 Å². The van der Waals surface area contributed by atoms with Crippen molar-refractivity contribution in [1.82, 2.24) is 0 Å². The molecule has 0 bridgehead atoms. The van der Waals surface area contributed by atoms with Gasteiger partial charge in [0.15, 0.2) is 0 Å². The van der Waals surface area contributed by atoms with Crippen molar-refractivity contribution in [3.05, 3.63) is 23.8 Å². The van der Waals surface area contributed by atoms with E-state index >= 15 is 0 Å². The van der Waals surface area contributed by atoms with Crippen molar-refractivity contribution in [2.75, 3.05) is 5.73 Å². The Morgan fingerprint density at radius 3 is 1.77 bits per heavy atom. The Morgan fingerprint density at radius 2 is 1.41 bits per heavy atom. The van der Waals surface area contributed by atoms with Crippen molar-refractivity contribution in [1.29, 1.82) is 0 Å². The van der Waals surface area contributed by atoms with Gasteiger partial charge < -0.3 is 5.73 Å². The van der Waals surface area contributed by atoms with Crippen LogP contribution in [-0.2, 0) is 16.5 Å². The van der Waals surface area contributed by atoms with E-state index in [1.165, 1.54) is 0 Å². The molecule has 0 heterocycles. The first kappa shape index (κ1) is 18.6. The minimum absolute atomic E-state index is 0.0441. The van der Waals surface area contributed by atoms with Crippen LogP contribution < -0.4 is 5.73 Å². The Balaban J connectivity index is 3.61. The number of rotatable bonds is 3. The van der Waals surface area contributed by atoms with E-state index in [4.69, 9.17) is 5.73 Å². The molecule has 0 radical (unpaired) electrons. The second kappa shape index (κ2) is 5.63. The van der Waals surface area contributed by atoms with Crippen LogP contribution in [0.5, 0.6) is 0 Å². The summed E-state index contributed by atoms with van der Waals surface area (Å²) in [5.74, 6) is -3.62. The number of nitrogen functional groups attached to an aromatic ring is 1. The second-order valence-corrected chi connectivity index (χ2v) is 5.36. The zero-order valence-corrected chi connectivity index (χ0v) is 10.9. The predicted octanol–water partition coefficient (Wildman–Crippen LogP) is 3.89. The smallest absolute Gasteiger partial charge is 0.398 e. The lowest BCUT2D eigenvalue weighted by atomic mass is 9.94. The molecule has 0 spiro atoms. The first-order valence-electron chi connectivity index (χ1n) is 5.14. The van der Waals surface area contributed by atoms with E-state index in [9.17, 15) is 43.7 Å². The van der Waals surface area contributed by atoms with Crippen molar-refractivity contribution >= 4 is 16.5 Å². The number of hydrogen-bond acceptors (Lipinski definition) is 2. The number of benzene rings is 1. The molecule has 2 N–H and O–H groups in total. The summed E-state index contributed by atoms with van der Waals surface area (Å²) in [6, 6.07) is 0.165. The summed E-state index contributed by atoms with van der Waals surface area (Å²) in [5, 5.41) is 0. The summed E-state index contributed by atoms with van der Waals surface area (Å²) in [6.07, 6.45) is -12.8. The van der Waals surface area contributed by atoms with Gasteiger partial charge in [0.1, 0.15) is 10.8 Å². The van der Waals surface area contributed by atoms with Crippen LogP contribution in [-0.4, -0.2) is 22.3 Å². The molecule has 22 heavy (non-hydrogen) atoms. The normalized spacial score (nSPS) is 15.2. The highest BCUT2D eigenvalue weighted by molar-refractivity contribution is 7.85. The van der Waals surface area contributed by atoms with Crippen LogP contribution in [0.15, 0.2) is 23.1 Å². The molecule has 0 aliphatic rings. The first-order valence-corrected chi connectivity index (χ1v) is 6.36. The number of hydrogen-bond donors (Lipinski definition) is 1. The van der Waals surface area contributed by atoms with Crippen molar-refractivity contribution in [2.24, 2.45) is 0 Å². The first-order chi connectivity index (χ1) is 9.73. The average Bonchev–Trinajstić information content (AvgIpc) is 2.34. The zero-order valence-electron chi connectivity index (χ0n) is 10.1. The maximum absolute atomic E-state index is 13.7. The molecule has 1 aromatic carbocycles. The molecule has 126 valence electrons. The molecule has 0 aromatic heterocycles. The van der Waals surface area contributed by atoms with Gasteiger partial charge in [0, 0.05) is 11.3 Å². The van der Waals surface area contributed by atoms with Gasteiger partial charge in [0.05, 0.1) is 4.90 Å². The highest BCUT2D eigenvalue weighted by atomic mass is 32.2. The molecule has 0 aliphatic carbocycles. The lowest BCUT2D eigenvalue weighted by molar-refractivity contribution is -0.348. The van der Waals surface area contributed by atoms with Crippen LogP contribution in [0.25, 0.3) is 0 Å². The van der Waals surface area contributed by atoms with E-state index in [0.717, 1.165) is 0 Å². The SMILES string of the molecule is Nc1ccc(C(F)(C(F)(F)F)C(F)(F)F)cc1S(=O)C(F)F. The summed E-state index contributed by atoms with van der Waals surface area (Å²) < 4.78 is 125. The minimum Gasteiger partial charge on any atom is -0.398 e. The van der Waals surface area contributed by atoms with Gasteiger partial charge in [-0.15, -0.1) is 0 Å². The van der Waals surface area contributed by atoms with Crippen molar-refractivity contribution in [2.45, 2.75) is 28.7 Å². The van der Waals surface area contributed by atoms with E-state index < -0.39 is 50.7 Å². The van der Waals surface area contributed by atoms with Gasteiger partial charge in [-0.25, -0.2) is 8.60 Å². The summed E-state index contributed by atoms with van der Waals surface area (Å²) >= 11 is 0. The second-order valence-electron chi connectivity index (χ2n) is 3.96. The van der Waals surface area contributed by atoms with E-state index in [-0.39, 0.29) is 12.1 Å². The van der Waals surface area contributed by atoms with E-state index in [1.807, 2.05) is 0 Å². The van der Waals surface area contributed by atoms with Crippen LogP contribution in [0.1, 0.15) is 5.56 Å². The van der Waals surface area contributed by atoms with Crippen LogP contribution >= 0.6 is 0 Å². The molecule has 1 unspecified atom stereocenters. The van der Waals surface area contributed by atoms with Gasteiger partial charge in [-0.2, -0.15) is 35.1 Å². The van der Waals surface area contributed by atoms with Gasteiger partial charge in [-0.1, -0.05) is 6.07 Å². The standard InChI is InChI=1S/C10H6F9NOS/c11-7(12)22(21)6-3-4(1-2-5(6)20)8(13,9(14,15)16)10(17,18)19/h1-3,7H,20H2. The Kier molecular flexibility index (Phi) is 4.76. The highest BCUT2D eigenvalue weighted by Gasteiger charge is 2.73. The van der Waals surface area contributed by atoms with E-state index in [2.05, 4.69) is 0 Å². The lowest BCUT2D eigenvalue weighted by Gasteiger charge is -2.30. The fourth-order valence-electron chi connectivity index (χ4n) is 1.51. The van der Waals surface area contributed by atoms with Gasteiger partial charge >= 0.3 is 23.8 Å². The van der Waals surface area contributed by atoms with Gasteiger partial charge in [-0.05, 0) is 12.1 Å². The molecule has 1 rings (SSSR count). The monoisotopic (exact) mass is 359 g/mol. The Labute approximate surface area is 119 Å². The molecular formula is C10H6F9NOS. The Hall–Kier alpha value is -1.46. The molecule has 12 heteroatoms. The molecule has 0 fully saturated rings. The molecule has 0 saturated carbocycles. The highest BCUT2D eigenvalue weighted by Crippen LogP contribution is 2.53. The third kappa shape index (κ3) is 3.01. The maximum Gasteiger partial charge on any atom is 0.435 e. The van der Waals surface area contributed by atoms with Gasteiger partial charge in [-0.3, -0.25) is 0 Å². The van der Waals surface area contributed by atoms with Crippen LogP contribution in [0.3, 0.4) is 0 Å². The summed E-state index contributed by atoms with van der Waals surface area (Å²) in [7, 11) is -3.31. The number of anilines is 1. The summed E-state index contributed by atoms with van der Waals surface area (Å²) in [5.41, 5.74) is -3.52. The molecule has 1 atom stereocenters. The fraction of sp³-hybridized carbons (Fsp3) is 0.400. The fourth-order valence-corrected chi connectivity index (χ4v) is 2.24. The van der Waals surface area contributed by atoms with Crippen molar-refractivity contribution < 1.29 is 43.7 Å². The van der Waals surface area contributed by atoms with Crippen molar-refractivity contribution in [3.8, 4) is 0 Å². The largest absolute Gasteiger partial charge is 0.435 e. The third-order valence-corrected chi connectivity index (χ3v) is 3.68. The zero-order chi connectivity index (χ0) is 17.5. The van der Waals surface area contributed by atoms with Gasteiger partial charge in [0.25, 0.3) is 0 Å². The predicted molar refractivity (Wildman–Crippen MR) is 58.2 cm³/mol. The van der Waals surface area contributed by atoms with Crippen LogP contribution in [0.2, 0.25) is 0 Å². The average molecular weight is 359 g/mol. The summed E-state index contributed by atoms with van der Waals surface area (Å²) in [4.78, 5) is -1.22. The molecule has 0 amide bonds. The molecule has 0 saturated heterocycles. The van der Waals surface area contributed by atoms with Crippen molar-refractivity contribution in [3.63, 3.8) is 0 Å². The molecule has 1 aromatic rings.